The number of rotatable bonds is 5. The summed E-state index contributed by atoms with van der Waals surface area (Å²) in [6, 6.07) is 9.28. The Hall–Kier alpha value is -1.03. The normalized spacial score (nSPS) is 11.9. The first-order valence-corrected chi connectivity index (χ1v) is 5.68. The highest BCUT2D eigenvalue weighted by Crippen LogP contribution is 2.07. The molecule has 1 N–H and O–H groups in total. The van der Waals surface area contributed by atoms with E-state index in [4.69, 9.17) is 4.74 Å². The van der Waals surface area contributed by atoms with Gasteiger partial charge in [-0.15, -0.1) is 0 Å². The summed E-state index contributed by atoms with van der Waals surface area (Å²) in [5.41, 5.74) is 0. The van der Waals surface area contributed by atoms with Crippen LogP contribution in [0, 0.1) is 0 Å². The van der Waals surface area contributed by atoms with Crippen LogP contribution in [0.1, 0.15) is 6.92 Å². The van der Waals surface area contributed by atoms with E-state index < -0.39 is 0 Å². The van der Waals surface area contributed by atoms with Crippen molar-refractivity contribution in [1.29, 1.82) is 0 Å². The smallest absolute Gasteiger partial charge is 0.257 e. The predicted octanol–water partition coefficient (Wildman–Crippen LogP) is 1.96. The van der Waals surface area contributed by atoms with E-state index in [0.717, 1.165) is 0 Å². The summed E-state index contributed by atoms with van der Waals surface area (Å²) >= 11 is 3.34. The molecule has 0 heterocycles. The molecule has 0 bridgehead atoms. The van der Waals surface area contributed by atoms with Gasteiger partial charge in [-0.2, -0.15) is 0 Å². The van der Waals surface area contributed by atoms with Crippen molar-refractivity contribution < 1.29 is 9.53 Å². The van der Waals surface area contributed by atoms with Crippen molar-refractivity contribution >= 4 is 21.8 Å². The number of carbonyl (C=O) groups excluding carboxylic acids is 1. The van der Waals surface area contributed by atoms with Crippen molar-refractivity contribution in [2.45, 2.75) is 11.8 Å². The lowest BCUT2D eigenvalue weighted by Gasteiger charge is -2.08. The largest absolute Gasteiger partial charge is 0.484 e. The Morgan fingerprint density at radius 3 is 2.73 bits per heavy atom. The molecule has 1 rings (SSSR count). The summed E-state index contributed by atoms with van der Waals surface area (Å²) in [7, 11) is 0. The predicted molar refractivity (Wildman–Crippen MR) is 63.3 cm³/mol. The highest BCUT2D eigenvalue weighted by Gasteiger charge is 2.03. The van der Waals surface area contributed by atoms with Gasteiger partial charge in [0.2, 0.25) is 0 Å². The van der Waals surface area contributed by atoms with Crippen LogP contribution >= 0.6 is 15.9 Å². The Morgan fingerprint density at radius 2 is 2.13 bits per heavy atom. The second-order valence-corrected chi connectivity index (χ2v) is 4.75. The second-order valence-electron chi connectivity index (χ2n) is 3.19. The molecule has 82 valence electrons. The summed E-state index contributed by atoms with van der Waals surface area (Å²) in [4.78, 5) is 11.5. The second kappa shape index (κ2) is 6.45. The Balaban J connectivity index is 2.23. The molecule has 1 aromatic carbocycles. The fraction of sp³-hybridized carbons (Fsp3) is 0.364. The summed E-state index contributed by atoms with van der Waals surface area (Å²) in [6.07, 6.45) is 0. The molecule has 0 spiro atoms. The molecular formula is C11H14BrNO2. The quantitative estimate of drug-likeness (QED) is 0.832. The van der Waals surface area contributed by atoms with Crippen LogP contribution in [0.4, 0.5) is 0 Å². The zero-order valence-electron chi connectivity index (χ0n) is 8.57. The highest BCUT2D eigenvalue weighted by atomic mass is 79.9. The van der Waals surface area contributed by atoms with E-state index in [1.807, 2.05) is 37.3 Å². The van der Waals surface area contributed by atoms with Crippen molar-refractivity contribution in [3.63, 3.8) is 0 Å². The van der Waals surface area contributed by atoms with Crippen LogP contribution in [0.15, 0.2) is 30.3 Å². The van der Waals surface area contributed by atoms with E-state index in [9.17, 15) is 4.79 Å². The number of carbonyl (C=O) groups is 1. The molecule has 3 nitrogen and oxygen atoms in total. The number of hydrogen-bond acceptors (Lipinski definition) is 2. The number of halogens is 1. The molecule has 4 heteroatoms. The van der Waals surface area contributed by atoms with Crippen LogP contribution in [-0.4, -0.2) is 23.9 Å². The first kappa shape index (κ1) is 12.0. The Labute approximate surface area is 97.9 Å². The molecule has 1 amide bonds. The van der Waals surface area contributed by atoms with Gasteiger partial charge in [0.15, 0.2) is 6.61 Å². The molecular weight excluding hydrogens is 258 g/mol. The van der Waals surface area contributed by atoms with Gasteiger partial charge in [-0.3, -0.25) is 4.79 Å². The third-order valence-electron chi connectivity index (χ3n) is 1.69. The zero-order chi connectivity index (χ0) is 11.1. The van der Waals surface area contributed by atoms with E-state index in [1.54, 1.807) is 0 Å². The molecule has 0 aliphatic heterocycles. The van der Waals surface area contributed by atoms with Gasteiger partial charge < -0.3 is 10.1 Å². The molecule has 0 radical (unpaired) electrons. The van der Waals surface area contributed by atoms with Gasteiger partial charge >= 0.3 is 0 Å². The molecule has 1 unspecified atom stereocenters. The van der Waals surface area contributed by atoms with E-state index in [-0.39, 0.29) is 17.3 Å². The van der Waals surface area contributed by atoms with Crippen molar-refractivity contribution in [2.24, 2.45) is 0 Å². The molecule has 0 aromatic heterocycles. The number of hydrogen-bond donors (Lipinski definition) is 1. The summed E-state index contributed by atoms with van der Waals surface area (Å²) in [5.74, 6) is 0.602. The Morgan fingerprint density at radius 1 is 1.47 bits per heavy atom. The maximum atomic E-state index is 11.3. The number of para-hydroxylation sites is 1. The van der Waals surface area contributed by atoms with Gasteiger partial charge in [0.05, 0.1) is 0 Å². The molecule has 15 heavy (non-hydrogen) atoms. The molecule has 0 aliphatic rings. The molecule has 0 saturated carbocycles. The van der Waals surface area contributed by atoms with E-state index in [1.165, 1.54) is 0 Å². The number of amides is 1. The lowest BCUT2D eigenvalue weighted by Crippen LogP contribution is -2.32. The molecule has 1 atom stereocenters. The minimum atomic E-state index is -0.106. The molecule has 1 aromatic rings. The highest BCUT2D eigenvalue weighted by molar-refractivity contribution is 9.09. The lowest BCUT2D eigenvalue weighted by molar-refractivity contribution is -0.123. The first-order valence-electron chi connectivity index (χ1n) is 4.77. The number of alkyl halides is 1. The summed E-state index contributed by atoms with van der Waals surface area (Å²) in [5, 5.41) is 2.74. The van der Waals surface area contributed by atoms with E-state index in [0.29, 0.717) is 12.3 Å². The van der Waals surface area contributed by atoms with Crippen LogP contribution in [0.5, 0.6) is 5.75 Å². The van der Waals surface area contributed by atoms with Crippen molar-refractivity contribution in [2.75, 3.05) is 13.2 Å². The van der Waals surface area contributed by atoms with E-state index >= 15 is 0 Å². The number of ether oxygens (including phenoxy) is 1. The molecule has 0 aliphatic carbocycles. The van der Waals surface area contributed by atoms with Gasteiger partial charge in [0.25, 0.3) is 5.91 Å². The molecule has 0 saturated heterocycles. The number of benzene rings is 1. The molecule has 0 fully saturated rings. The minimum Gasteiger partial charge on any atom is -0.484 e. The van der Waals surface area contributed by atoms with Crippen LogP contribution in [-0.2, 0) is 4.79 Å². The maximum Gasteiger partial charge on any atom is 0.257 e. The van der Waals surface area contributed by atoms with Gasteiger partial charge in [0, 0.05) is 11.4 Å². The summed E-state index contributed by atoms with van der Waals surface area (Å²) < 4.78 is 5.27. The van der Waals surface area contributed by atoms with Gasteiger partial charge in [-0.25, -0.2) is 0 Å². The van der Waals surface area contributed by atoms with Gasteiger partial charge in [-0.05, 0) is 12.1 Å². The van der Waals surface area contributed by atoms with Crippen LogP contribution in [0.2, 0.25) is 0 Å². The maximum absolute atomic E-state index is 11.3. The fourth-order valence-electron chi connectivity index (χ4n) is 0.971. The monoisotopic (exact) mass is 271 g/mol. The number of nitrogens with one attached hydrogen (secondary N) is 1. The topological polar surface area (TPSA) is 38.3 Å². The average Bonchev–Trinajstić information content (AvgIpc) is 2.25. The van der Waals surface area contributed by atoms with Crippen molar-refractivity contribution in [3.8, 4) is 5.75 Å². The minimum absolute atomic E-state index is 0.0593. The third-order valence-corrected chi connectivity index (χ3v) is 2.02. The van der Waals surface area contributed by atoms with E-state index in [2.05, 4.69) is 21.2 Å². The van der Waals surface area contributed by atoms with Gasteiger partial charge in [-0.1, -0.05) is 41.1 Å². The van der Waals surface area contributed by atoms with Crippen LogP contribution in [0.3, 0.4) is 0 Å². The lowest BCUT2D eigenvalue weighted by atomic mass is 10.3. The third kappa shape index (κ3) is 5.42. The fourth-order valence-corrected chi connectivity index (χ4v) is 1.13. The zero-order valence-corrected chi connectivity index (χ0v) is 10.2. The Bertz CT molecular complexity index is 301. The van der Waals surface area contributed by atoms with Crippen molar-refractivity contribution in [1.82, 2.24) is 5.32 Å². The van der Waals surface area contributed by atoms with Crippen LogP contribution < -0.4 is 10.1 Å². The Kier molecular flexibility index (Phi) is 5.18. The standard InChI is InChI=1S/C11H14BrNO2/c1-9(12)7-13-11(14)8-15-10-5-3-2-4-6-10/h2-6,9H,7-8H2,1H3,(H,13,14). The first-order chi connectivity index (χ1) is 7.18. The van der Waals surface area contributed by atoms with Crippen molar-refractivity contribution in [3.05, 3.63) is 30.3 Å². The average molecular weight is 272 g/mol. The SMILES string of the molecule is CC(Br)CNC(=O)COc1ccccc1. The van der Waals surface area contributed by atoms with Gasteiger partial charge in [0.1, 0.15) is 5.75 Å². The van der Waals surface area contributed by atoms with Crippen LogP contribution in [0.25, 0.3) is 0 Å². The summed E-state index contributed by atoms with van der Waals surface area (Å²) in [6.45, 7) is 2.64.